The van der Waals surface area contributed by atoms with E-state index in [9.17, 15) is 14.7 Å². The van der Waals surface area contributed by atoms with Crippen LogP contribution in [-0.4, -0.2) is 36.0 Å². The first-order valence-electron chi connectivity index (χ1n) is 8.24. The van der Waals surface area contributed by atoms with E-state index in [-0.39, 0.29) is 6.61 Å². The third-order valence-corrected chi connectivity index (χ3v) is 3.21. The van der Waals surface area contributed by atoms with Crippen LogP contribution in [0, 0.1) is 5.92 Å². The van der Waals surface area contributed by atoms with Crippen LogP contribution >= 0.6 is 0 Å². The molecule has 0 aliphatic rings. The number of amides is 1. The summed E-state index contributed by atoms with van der Waals surface area (Å²) in [4.78, 5) is 23.5. The zero-order valence-corrected chi connectivity index (χ0v) is 15.2. The summed E-state index contributed by atoms with van der Waals surface area (Å²) in [5.74, 6) is -0.354. The molecule has 7 nitrogen and oxygen atoms in total. The highest BCUT2D eigenvalue weighted by Crippen LogP contribution is 2.26. The van der Waals surface area contributed by atoms with Gasteiger partial charge in [-0.3, -0.25) is 0 Å². The SMILES string of the molecule is CCOC(=O)/C=C/C[C@H](CO)[C@H](NC(=O)OC(C)(C)C)c1ccco1. The van der Waals surface area contributed by atoms with Gasteiger partial charge in [0.25, 0.3) is 0 Å². The molecule has 1 heterocycles. The fourth-order valence-corrected chi connectivity index (χ4v) is 2.17. The lowest BCUT2D eigenvalue weighted by atomic mass is 9.94. The first kappa shape index (κ1) is 20.8. The molecule has 0 spiro atoms. The second-order valence-electron chi connectivity index (χ2n) is 6.47. The average Bonchev–Trinajstić information content (AvgIpc) is 3.02. The van der Waals surface area contributed by atoms with Crippen molar-refractivity contribution in [1.82, 2.24) is 5.32 Å². The summed E-state index contributed by atoms with van der Waals surface area (Å²) < 4.78 is 15.5. The van der Waals surface area contributed by atoms with Gasteiger partial charge in [0.2, 0.25) is 0 Å². The maximum absolute atomic E-state index is 12.1. The van der Waals surface area contributed by atoms with Gasteiger partial charge in [0.05, 0.1) is 18.9 Å². The number of aliphatic hydroxyl groups excluding tert-OH is 1. The van der Waals surface area contributed by atoms with Gasteiger partial charge >= 0.3 is 12.1 Å². The number of nitrogens with one attached hydrogen (secondary N) is 1. The molecule has 0 saturated carbocycles. The number of rotatable bonds is 8. The first-order chi connectivity index (χ1) is 11.8. The van der Waals surface area contributed by atoms with E-state index in [1.54, 1.807) is 45.9 Å². The minimum absolute atomic E-state index is 0.214. The van der Waals surface area contributed by atoms with Gasteiger partial charge in [-0.25, -0.2) is 9.59 Å². The minimum atomic E-state index is -0.643. The number of ether oxygens (including phenoxy) is 2. The molecule has 1 rings (SSSR count). The Balaban J connectivity index is 2.82. The second-order valence-corrected chi connectivity index (χ2v) is 6.47. The Morgan fingerprint density at radius 2 is 2.12 bits per heavy atom. The van der Waals surface area contributed by atoms with Gasteiger partial charge < -0.3 is 24.3 Å². The predicted octanol–water partition coefficient (Wildman–Crippen LogP) is 2.96. The molecule has 2 N–H and O–H groups in total. The number of carbonyl (C=O) groups is 2. The highest BCUT2D eigenvalue weighted by Gasteiger charge is 2.28. The van der Waals surface area contributed by atoms with Crippen molar-refractivity contribution in [2.45, 2.75) is 45.8 Å². The summed E-state index contributed by atoms with van der Waals surface area (Å²) in [5.41, 5.74) is -0.643. The van der Waals surface area contributed by atoms with E-state index in [0.717, 1.165) is 0 Å². The molecule has 0 radical (unpaired) electrons. The number of esters is 1. The summed E-state index contributed by atoms with van der Waals surface area (Å²) >= 11 is 0. The van der Waals surface area contributed by atoms with Crippen molar-refractivity contribution in [3.63, 3.8) is 0 Å². The van der Waals surface area contributed by atoms with E-state index in [2.05, 4.69) is 5.32 Å². The van der Waals surface area contributed by atoms with Crippen LogP contribution in [0.5, 0.6) is 0 Å². The number of hydrogen-bond donors (Lipinski definition) is 2. The standard InChI is InChI=1S/C18H27NO6/c1-5-23-15(21)10-6-8-13(12-20)16(14-9-7-11-24-14)19-17(22)25-18(2,3)4/h6-7,9-11,13,16,20H,5,8,12H2,1-4H3,(H,19,22)/b10-6+/t13-,16+/m1/s1. The molecular formula is C18H27NO6. The molecule has 1 aromatic heterocycles. The van der Waals surface area contributed by atoms with Crippen LogP contribution < -0.4 is 5.32 Å². The molecule has 2 atom stereocenters. The van der Waals surface area contributed by atoms with Crippen molar-refractivity contribution in [3.8, 4) is 0 Å². The van der Waals surface area contributed by atoms with Crippen LogP contribution in [0.15, 0.2) is 35.0 Å². The van der Waals surface area contributed by atoms with Crippen LogP contribution in [0.3, 0.4) is 0 Å². The third-order valence-electron chi connectivity index (χ3n) is 3.21. The van der Waals surface area contributed by atoms with E-state index < -0.39 is 29.6 Å². The van der Waals surface area contributed by atoms with Crippen LogP contribution in [0.25, 0.3) is 0 Å². The van der Waals surface area contributed by atoms with Crippen LogP contribution in [0.4, 0.5) is 4.79 Å². The number of furan rings is 1. The maximum Gasteiger partial charge on any atom is 0.408 e. The van der Waals surface area contributed by atoms with Gasteiger partial charge in [0, 0.05) is 18.6 Å². The van der Waals surface area contributed by atoms with Crippen molar-refractivity contribution in [2.24, 2.45) is 5.92 Å². The highest BCUT2D eigenvalue weighted by atomic mass is 16.6. The van der Waals surface area contributed by atoms with Crippen molar-refractivity contribution in [2.75, 3.05) is 13.2 Å². The van der Waals surface area contributed by atoms with Crippen LogP contribution in [0.1, 0.15) is 45.9 Å². The fraction of sp³-hybridized carbons (Fsp3) is 0.556. The van der Waals surface area contributed by atoms with E-state index >= 15 is 0 Å². The smallest absolute Gasteiger partial charge is 0.408 e. The fourth-order valence-electron chi connectivity index (χ4n) is 2.17. The van der Waals surface area contributed by atoms with Gasteiger partial charge in [0.1, 0.15) is 11.4 Å². The van der Waals surface area contributed by atoms with Crippen molar-refractivity contribution < 1.29 is 28.6 Å². The van der Waals surface area contributed by atoms with Gasteiger partial charge in [-0.05, 0) is 46.2 Å². The summed E-state index contributed by atoms with van der Waals surface area (Å²) in [7, 11) is 0. The number of carbonyl (C=O) groups excluding carboxylic acids is 2. The van der Waals surface area contributed by atoms with Crippen molar-refractivity contribution >= 4 is 12.1 Å². The zero-order valence-electron chi connectivity index (χ0n) is 15.2. The lowest BCUT2D eigenvalue weighted by molar-refractivity contribution is -0.137. The van der Waals surface area contributed by atoms with Crippen molar-refractivity contribution in [1.29, 1.82) is 0 Å². The lowest BCUT2D eigenvalue weighted by Gasteiger charge is -2.26. The lowest BCUT2D eigenvalue weighted by Crippen LogP contribution is -2.38. The first-order valence-corrected chi connectivity index (χ1v) is 8.24. The molecule has 0 aliphatic heterocycles. The van der Waals surface area contributed by atoms with E-state index in [1.807, 2.05) is 0 Å². The summed E-state index contributed by atoms with van der Waals surface area (Å²) in [6.45, 7) is 7.09. The Labute approximate surface area is 148 Å². The van der Waals surface area contributed by atoms with E-state index in [0.29, 0.717) is 18.8 Å². The second kappa shape index (κ2) is 9.88. The van der Waals surface area contributed by atoms with Crippen LogP contribution in [0.2, 0.25) is 0 Å². The molecule has 1 aromatic rings. The third kappa shape index (κ3) is 7.89. The van der Waals surface area contributed by atoms with Crippen molar-refractivity contribution in [3.05, 3.63) is 36.3 Å². The summed E-state index contributed by atoms with van der Waals surface area (Å²) in [5, 5.41) is 12.5. The van der Waals surface area contributed by atoms with Crippen LogP contribution in [-0.2, 0) is 14.3 Å². The number of aliphatic hydroxyl groups is 1. The monoisotopic (exact) mass is 353 g/mol. The normalized spacial score (nSPS) is 14.1. The molecular weight excluding hydrogens is 326 g/mol. The maximum atomic E-state index is 12.1. The Kier molecular flexibility index (Phi) is 8.21. The van der Waals surface area contributed by atoms with Gasteiger partial charge in [-0.1, -0.05) is 6.08 Å². The topological polar surface area (TPSA) is 98.0 Å². The van der Waals surface area contributed by atoms with E-state index in [1.165, 1.54) is 12.3 Å². The molecule has 0 fully saturated rings. The zero-order chi connectivity index (χ0) is 18.9. The number of alkyl carbamates (subject to hydrolysis) is 1. The Morgan fingerprint density at radius 3 is 2.64 bits per heavy atom. The highest BCUT2D eigenvalue weighted by molar-refractivity contribution is 5.81. The Hall–Kier alpha value is -2.28. The van der Waals surface area contributed by atoms with Gasteiger partial charge in [0.15, 0.2) is 0 Å². The predicted molar refractivity (Wildman–Crippen MR) is 91.8 cm³/mol. The van der Waals surface area contributed by atoms with Gasteiger partial charge in [-0.2, -0.15) is 0 Å². The Morgan fingerprint density at radius 1 is 1.40 bits per heavy atom. The Bertz CT molecular complexity index is 559. The molecule has 25 heavy (non-hydrogen) atoms. The summed E-state index contributed by atoms with van der Waals surface area (Å²) in [6, 6.07) is 2.81. The number of allylic oxidation sites excluding steroid dienone is 1. The molecule has 0 saturated heterocycles. The molecule has 0 unspecified atom stereocenters. The molecule has 1 amide bonds. The number of hydrogen-bond acceptors (Lipinski definition) is 6. The molecule has 0 bridgehead atoms. The largest absolute Gasteiger partial charge is 0.467 e. The molecule has 140 valence electrons. The molecule has 0 aliphatic carbocycles. The average molecular weight is 353 g/mol. The molecule has 0 aromatic carbocycles. The molecule has 7 heteroatoms. The minimum Gasteiger partial charge on any atom is -0.467 e. The summed E-state index contributed by atoms with van der Waals surface area (Å²) in [6.07, 6.45) is 4.13. The van der Waals surface area contributed by atoms with Gasteiger partial charge in [-0.15, -0.1) is 0 Å². The van der Waals surface area contributed by atoms with E-state index in [4.69, 9.17) is 13.9 Å². The quantitative estimate of drug-likeness (QED) is 0.551.